The Labute approximate surface area is 179 Å². The molecule has 3 aromatic rings. The Balaban J connectivity index is 1.65. The Morgan fingerprint density at radius 2 is 1.61 bits per heavy atom. The van der Waals surface area contributed by atoms with Gasteiger partial charge >= 0.3 is 5.97 Å². The Bertz CT molecular complexity index is 1110. The van der Waals surface area contributed by atoms with Crippen LogP contribution in [-0.2, 0) is 22.6 Å². The van der Waals surface area contributed by atoms with Crippen molar-refractivity contribution in [3.8, 4) is 5.75 Å². The molecule has 0 saturated carbocycles. The second-order valence-corrected chi connectivity index (χ2v) is 6.78. The summed E-state index contributed by atoms with van der Waals surface area (Å²) in [5.41, 5.74) is 1.84. The third-order valence-corrected chi connectivity index (χ3v) is 4.41. The smallest absolute Gasteiger partial charge is 0.308 e. The van der Waals surface area contributed by atoms with E-state index in [4.69, 9.17) is 4.74 Å². The minimum atomic E-state index is -0.478. The highest BCUT2D eigenvalue weighted by Gasteiger charge is 2.12. The van der Waals surface area contributed by atoms with Crippen LogP contribution in [0, 0.1) is 5.82 Å². The summed E-state index contributed by atoms with van der Waals surface area (Å²) < 4.78 is 18.7. The van der Waals surface area contributed by atoms with Crippen LogP contribution < -0.4 is 15.4 Å². The van der Waals surface area contributed by atoms with Crippen LogP contribution in [0.1, 0.15) is 28.4 Å². The van der Waals surface area contributed by atoms with Gasteiger partial charge in [-0.1, -0.05) is 42.5 Å². The van der Waals surface area contributed by atoms with Crippen LogP contribution in [0.5, 0.6) is 5.75 Å². The zero-order valence-electron chi connectivity index (χ0n) is 16.9. The van der Waals surface area contributed by atoms with Crippen molar-refractivity contribution in [2.45, 2.75) is 19.9 Å². The highest BCUT2D eigenvalue weighted by molar-refractivity contribution is 6.05. The van der Waals surface area contributed by atoms with Crippen molar-refractivity contribution in [2.75, 3.05) is 5.32 Å². The predicted molar refractivity (Wildman–Crippen MR) is 114 cm³/mol. The molecule has 2 N–H and O–H groups in total. The van der Waals surface area contributed by atoms with Gasteiger partial charge in [-0.3, -0.25) is 14.4 Å². The largest absolute Gasteiger partial charge is 0.427 e. The molecule has 3 rings (SSSR count). The van der Waals surface area contributed by atoms with Crippen molar-refractivity contribution < 1.29 is 23.5 Å². The van der Waals surface area contributed by atoms with Crippen molar-refractivity contribution in [3.63, 3.8) is 0 Å². The number of nitrogens with one attached hydrogen (secondary N) is 2. The number of halogens is 1. The molecule has 6 nitrogen and oxygen atoms in total. The third kappa shape index (κ3) is 6.24. The Morgan fingerprint density at radius 3 is 2.35 bits per heavy atom. The molecule has 0 bridgehead atoms. The zero-order valence-corrected chi connectivity index (χ0v) is 16.9. The van der Waals surface area contributed by atoms with E-state index in [1.54, 1.807) is 60.7 Å². The van der Waals surface area contributed by atoms with Crippen molar-refractivity contribution in [3.05, 3.63) is 95.3 Å². The average Bonchev–Trinajstić information content (AvgIpc) is 2.74. The maximum Gasteiger partial charge on any atom is 0.308 e. The molecule has 0 heterocycles. The summed E-state index contributed by atoms with van der Waals surface area (Å²) in [6, 6.07) is 19.4. The molecule has 0 aromatic heterocycles. The first-order chi connectivity index (χ1) is 14.9. The Kier molecular flexibility index (Phi) is 7.11. The number of carbonyl (C=O) groups excluding carboxylic acids is 3. The number of anilines is 1. The number of hydrogen-bond donors (Lipinski definition) is 2. The topological polar surface area (TPSA) is 84.5 Å². The first-order valence-electron chi connectivity index (χ1n) is 9.60. The number of ether oxygens (including phenoxy) is 1. The SMILES string of the molecule is CC(=O)Oc1cccc(C(=O)Nc2ccccc2CNC(=O)Cc2ccccc2F)c1. The highest BCUT2D eigenvalue weighted by Crippen LogP contribution is 2.19. The van der Waals surface area contributed by atoms with Gasteiger partial charge < -0.3 is 15.4 Å². The first-order valence-corrected chi connectivity index (χ1v) is 9.60. The van der Waals surface area contributed by atoms with Crippen LogP contribution in [0.2, 0.25) is 0 Å². The van der Waals surface area contributed by atoms with E-state index in [1.165, 1.54) is 19.1 Å². The summed E-state index contributed by atoms with van der Waals surface area (Å²) in [5, 5.41) is 5.54. The number of para-hydroxylation sites is 1. The van der Waals surface area contributed by atoms with Gasteiger partial charge in [0.25, 0.3) is 5.91 Å². The van der Waals surface area contributed by atoms with Gasteiger partial charge in [0.2, 0.25) is 5.91 Å². The van der Waals surface area contributed by atoms with Gasteiger partial charge in [-0.25, -0.2) is 4.39 Å². The molecule has 31 heavy (non-hydrogen) atoms. The van der Waals surface area contributed by atoms with Gasteiger partial charge in [0.05, 0.1) is 6.42 Å². The maximum absolute atomic E-state index is 13.7. The molecule has 0 aliphatic heterocycles. The summed E-state index contributed by atoms with van der Waals surface area (Å²) in [5.74, 6) is -1.36. The predicted octanol–water partition coefficient (Wildman–Crippen LogP) is 3.86. The standard InChI is InChI=1S/C24H21FN2O4/c1-16(28)31-20-10-6-9-18(13-20)24(30)27-22-12-5-3-8-19(22)15-26-23(29)14-17-7-2-4-11-21(17)25/h2-13H,14-15H2,1H3,(H,26,29)(H,27,30). The molecular formula is C24H21FN2O4. The van der Waals surface area contributed by atoms with E-state index in [-0.39, 0.29) is 30.5 Å². The summed E-state index contributed by atoms with van der Waals surface area (Å²) >= 11 is 0. The number of esters is 1. The fraction of sp³-hybridized carbons (Fsp3) is 0.125. The molecule has 158 valence electrons. The lowest BCUT2D eigenvalue weighted by Gasteiger charge is -2.13. The minimum absolute atomic E-state index is 0.0792. The number of hydrogen-bond acceptors (Lipinski definition) is 4. The molecule has 0 spiro atoms. The number of amides is 2. The summed E-state index contributed by atoms with van der Waals surface area (Å²) in [7, 11) is 0. The lowest BCUT2D eigenvalue weighted by atomic mass is 10.1. The van der Waals surface area contributed by atoms with Gasteiger partial charge in [0.1, 0.15) is 11.6 Å². The van der Waals surface area contributed by atoms with E-state index >= 15 is 0 Å². The van der Waals surface area contributed by atoms with Crippen molar-refractivity contribution in [1.82, 2.24) is 5.32 Å². The van der Waals surface area contributed by atoms with Crippen LogP contribution >= 0.6 is 0 Å². The second kappa shape index (κ2) is 10.2. The Hall–Kier alpha value is -4.00. The average molecular weight is 420 g/mol. The van der Waals surface area contributed by atoms with Crippen molar-refractivity contribution in [2.24, 2.45) is 0 Å². The minimum Gasteiger partial charge on any atom is -0.427 e. The van der Waals surface area contributed by atoms with Crippen molar-refractivity contribution >= 4 is 23.5 Å². The van der Waals surface area contributed by atoms with Crippen LogP contribution in [-0.4, -0.2) is 17.8 Å². The van der Waals surface area contributed by atoms with E-state index in [0.29, 0.717) is 22.4 Å². The molecule has 0 aliphatic rings. The van der Waals surface area contributed by atoms with Crippen LogP contribution in [0.25, 0.3) is 0 Å². The monoisotopic (exact) mass is 420 g/mol. The zero-order chi connectivity index (χ0) is 22.2. The number of rotatable bonds is 7. The lowest BCUT2D eigenvalue weighted by Crippen LogP contribution is -2.25. The fourth-order valence-electron chi connectivity index (χ4n) is 2.93. The summed E-state index contributed by atoms with van der Waals surface area (Å²) in [6.45, 7) is 1.45. The van der Waals surface area contributed by atoms with E-state index < -0.39 is 11.8 Å². The fourth-order valence-corrected chi connectivity index (χ4v) is 2.93. The highest BCUT2D eigenvalue weighted by atomic mass is 19.1. The van der Waals surface area contributed by atoms with Crippen LogP contribution in [0.4, 0.5) is 10.1 Å². The molecule has 0 unspecified atom stereocenters. The Morgan fingerprint density at radius 1 is 0.903 bits per heavy atom. The van der Waals surface area contributed by atoms with Gasteiger partial charge in [-0.2, -0.15) is 0 Å². The van der Waals surface area contributed by atoms with Gasteiger partial charge in [0, 0.05) is 24.7 Å². The van der Waals surface area contributed by atoms with Crippen LogP contribution in [0.15, 0.2) is 72.8 Å². The van der Waals surface area contributed by atoms with E-state index in [0.717, 1.165) is 0 Å². The number of benzene rings is 3. The molecule has 0 saturated heterocycles. The lowest BCUT2D eigenvalue weighted by molar-refractivity contribution is -0.131. The molecule has 0 radical (unpaired) electrons. The van der Waals surface area contributed by atoms with Crippen LogP contribution in [0.3, 0.4) is 0 Å². The quantitative estimate of drug-likeness (QED) is 0.449. The van der Waals surface area contributed by atoms with E-state index in [2.05, 4.69) is 10.6 Å². The summed E-state index contributed by atoms with van der Waals surface area (Å²) in [4.78, 5) is 36.0. The van der Waals surface area contributed by atoms with Crippen molar-refractivity contribution in [1.29, 1.82) is 0 Å². The van der Waals surface area contributed by atoms with Gasteiger partial charge in [0.15, 0.2) is 0 Å². The molecule has 0 atom stereocenters. The first kappa shape index (κ1) is 21.7. The van der Waals surface area contributed by atoms with Gasteiger partial charge in [-0.05, 0) is 41.5 Å². The van der Waals surface area contributed by atoms with E-state index in [9.17, 15) is 18.8 Å². The molecule has 0 aliphatic carbocycles. The summed E-state index contributed by atoms with van der Waals surface area (Å²) in [6.07, 6.45) is -0.0792. The third-order valence-electron chi connectivity index (χ3n) is 4.41. The molecule has 7 heteroatoms. The molecule has 2 amide bonds. The molecule has 3 aromatic carbocycles. The number of carbonyl (C=O) groups is 3. The van der Waals surface area contributed by atoms with Gasteiger partial charge in [-0.15, -0.1) is 0 Å². The maximum atomic E-state index is 13.7. The normalized spacial score (nSPS) is 10.3. The molecule has 0 fully saturated rings. The van der Waals surface area contributed by atoms with E-state index in [1.807, 2.05) is 0 Å². The second-order valence-electron chi connectivity index (χ2n) is 6.78. The molecular weight excluding hydrogens is 399 g/mol.